The van der Waals surface area contributed by atoms with Crippen LogP contribution in [-0.4, -0.2) is 34.4 Å². The van der Waals surface area contributed by atoms with Gasteiger partial charge in [0.25, 0.3) is 0 Å². The van der Waals surface area contributed by atoms with Crippen molar-refractivity contribution in [2.24, 2.45) is 5.14 Å². The number of primary sulfonamides is 1. The molecule has 6 nitrogen and oxygen atoms in total. The maximum absolute atomic E-state index is 11.6. The summed E-state index contributed by atoms with van der Waals surface area (Å²) in [4.78, 5) is -0.135. The summed E-state index contributed by atoms with van der Waals surface area (Å²) in [5.74, 6) is 0.0656. The largest absolute Gasteiger partial charge is 0.491 e. The summed E-state index contributed by atoms with van der Waals surface area (Å²) < 4.78 is 50.6. The Hall–Kier alpha value is -0.830. The van der Waals surface area contributed by atoms with E-state index in [0.717, 1.165) is 6.07 Å². The molecule has 0 aliphatic rings. The Morgan fingerprint density at radius 3 is 2.30 bits per heavy atom. The van der Waals surface area contributed by atoms with Gasteiger partial charge in [0.1, 0.15) is 12.4 Å². The standard InChI is InChI=1S/C11H16ClNO5S2/c1-8(2)19(14,15)6-5-18-11-4-3-9(7-10(11)12)20(13,16)17/h3-4,7-8H,5-6H2,1-2H3,(H2,13,16,17). The van der Waals surface area contributed by atoms with E-state index in [-0.39, 0.29) is 28.0 Å². The molecule has 0 aliphatic carbocycles. The van der Waals surface area contributed by atoms with E-state index in [2.05, 4.69) is 0 Å². The van der Waals surface area contributed by atoms with E-state index >= 15 is 0 Å². The topological polar surface area (TPSA) is 104 Å². The molecule has 0 saturated carbocycles. The lowest BCUT2D eigenvalue weighted by atomic mass is 10.3. The number of sulfonamides is 1. The predicted octanol–water partition coefficient (Wildman–Crippen LogP) is 1.19. The van der Waals surface area contributed by atoms with Gasteiger partial charge in [-0.25, -0.2) is 22.0 Å². The van der Waals surface area contributed by atoms with Crippen LogP contribution < -0.4 is 9.88 Å². The van der Waals surface area contributed by atoms with Crippen LogP contribution in [0.25, 0.3) is 0 Å². The van der Waals surface area contributed by atoms with Gasteiger partial charge in [0.05, 0.1) is 20.9 Å². The van der Waals surface area contributed by atoms with Crippen molar-refractivity contribution in [3.8, 4) is 5.75 Å². The number of nitrogens with two attached hydrogens (primary N) is 1. The smallest absolute Gasteiger partial charge is 0.238 e. The molecule has 0 saturated heterocycles. The average Bonchev–Trinajstić information content (AvgIpc) is 2.29. The molecule has 0 heterocycles. The first-order chi connectivity index (χ1) is 9.04. The summed E-state index contributed by atoms with van der Waals surface area (Å²) in [7, 11) is -7.03. The van der Waals surface area contributed by atoms with Crippen LogP contribution in [-0.2, 0) is 19.9 Å². The maximum atomic E-state index is 11.6. The molecule has 0 aliphatic heterocycles. The minimum Gasteiger partial charge on any atom is -0.491 e. The van der Waals surface area contributed by atoms with Crippen molar-refractivity contribution in [2.75, 3.05) is 12.4 Å². The van der Waals surface area contributed by atoms with Gasteiger partial charge in [0.15, 0.2) is 9.84 Å². The van der Waals surface area contributed by atoms with E-state index in [1.54, 1.807) is 13.8 Å². The Bertz CT molecular complexity index is 683. The molecule has 1 rings (SSSR count). The Labute approximate surface area is 123 Å². The number of ether oxygens (including phenoxy) is 1. The van der Waals surface area contributed by atoms with E-state index in [0.29, 0.717) is 0 Å². The number of benzene rings is 1. The first-order valence-corrected chi connectivity index (χ1v) is 9.35. The van der Waals surface area contributed by atoms with Crippen LogP contribution in [0.1, 0.15) is 13.8 Å². The third-order valence-corrected chi connectivity index (χ3v) is 5.95. The minimum atomic E-state index is -3.83. The molecule has 0 radical (unpaired) electrons. The lowest BCUT2D eigenvalue weighted by Gasteiger charge is -2.11. The summed E-state index contributed by atoms with van der Waals surface area (Å²) in [5.41, 5.74) is 0. The van der Waals surface area contributed by atoms with Gasteiger partial charge in [-0.15, -0.1) is 0 Å². The van der Waals surface area contributed by atoms with Crippen LogP contribution in [0, 0.1) is 0 Å². The molecule has 0 fully saturated rings. The lowest BCUT2D eigenvalue weighted by Crippen LogP contribution is -2.22. The van der Waals surface area contributed by atoms with Crippen LogP contribution in [0.5, 0.6) is 5.75 Å². The molecule has 114 valence electrons. The molecule has 1 aromatic rings. The second-order valence-electron chi connectivity index (χ2n) is 4.40. The van der Waals surface area contributed by atoms with E-state index in [4.69, 9.17) is 21.5 Å². The highest BCUT2D eigenvalue weighted by Crippen LogP contribution is 2.26. The SMILES string of the molecule is CC(C)S(=O)(=O)CCOc1ccc(S(N)(=O)=O)cc1Cl. The fourth-order valence-corrected chi connectivity index (χ4v) is 2.91. The molecule has 0 bridgehead atoms. The molecule has 1 aromatic carbocycles. The summed E-state index contributed by atoms with van der Waals surface area (Å²) in [6.07, 6.45) is 0. The molecule has 0 spiro atoms. The highest BCUT2D eigenvalue weighted by Gasteiger charge is 2.17. The van der Waals surface area contributed by atoms with Crippen LogP contribution in [0.3, 0.4) is 0 Å². The third-order valence-electron chi connectivity index (χ3n) is 2.58. The highest BCUT2D eigenvalue weighted by atomic mass is 35.5. The maximum Gasteiger partial charge on any atom is 0.238 e. The van der Waals surface area contributed by atoms with Crippen molar-refractivity contribution in [2.45, 2.75) is 24.0 Å². The molecule has 0 aromatic heterocycles. The summed E-state index contributed by atoms with van der Waals surface area (Å²) in [6, 6.07) is 3.74. The monoisotopic (exact) mass is 341 g/mol. The fourth-order valence-electron chi connectivity index (χ4n) is 1.28. The van der Waals surface area contributed by atoms with Crippen LogP contribution in [0.2, 0.25) is 5.02 Å². The predicted molar refractivity (Wildman–Crippen MR) is 77.2 cm³/mol. The number of hydrogen-bond acceptors (Lipinski definition) is 5. The molecule has 2 N–H and O–H groups in total. The van der Waals surface area contributed by atoms with Gasteiger partial charge in [-0.1, -0.05) is 11.6 Å². The zero-order valence-electron chi connectivity index (χ0n) is 11.0. The number of rotatable bonds is 6. The van der Waals surface area contributed by atoms with Crippen molar-refractivity contribution >= 4 is 31.5 Å². The van der Waals surface area contributed by atoms with E-state index in [1.165, 1.54) is 12.1 Å². The summed E-state index contributed by atoms with van der Waals surface area (Å²) in [5, 5.41) is 4.53. The summed E-state index contributed by atoms with van der Waals surface area (Å²) in [6.45, 7) is 3.11. The zero-order chi connectivity index (χ0) is 15.6. The van der Waals surface area contributed by atoms with E-state index < -0.39 is 25.1 Å². The number of sulfone groups is 1. The molecular weight excluding hydrogens is 326 g/mol. The average molecular weight is 342 g/mol. The quantitative estimate of drug-likeness (QED) is 0.837. The molecule has 0 atom stereocenters. The first kappa shape index (κ1) is 17.2. The minimum absolute atomic E-state index is 0.0541. The normalized spacial score (nSPS) is 12.7. The van der Waals surface area contributed by atoms with Crippen molar-refractivity contribution in [3.05, 3.63) is 23.2 Å². The highest BCUT2D eigenvalue weighted by molar-refractivity contribution is 7.92. The Morgan fingerprint density at radius 1 is 1.25 bits per heavy atom. The van der Waals surface area contributed by atoms with Gasteiger partial charge < -0.3 is 4.74 Å². The van der Waals surface area contributed by atoms with Gasteiger partial charge in [0.2, 0.25) is 10.0 Å². The molecule has 0 unspecified atom stereocenters. The second kappa shape index (κ2) is 6.30. The Kier molecular flexibility index (Phi) is 5.42. The number of hydrogen-bond donors (Lipinski definition) is 1. The molecular formula is C11H16ClNO5S2. The van der Waals surface area contributed by atoms with Crippen LogP contribution in [0.4, 0.5) is 0 Å². The first-order valence-electron chi connectivity index (χ1n) is 5.71. The van der Waals surface area contributed by atoms with Crippen molar-refractivity contribution in [1.82, 2.24) is 0 Å². The lowest BCUT2D eigenvalue weighted by molar-refractivity contribution is 0.340. The molecule has 0 amide bonds. The van der Waals surface area contributed by atoms with Crippen LogP contribution >= 0.6 is 11.6 Å². The van der Waals surface area contributed by atoms with Crippen LogP contribution in [0.15, 0.2) is 23.1 Å². The van der Waals surface area contributed by atoms with E-state index in [9.17, 15) is 16.8 Å². The van der Waals surface area contributed by atoms with Gasteiger partial charge in [-0.05, 0) is 32.0 Å². The number of halogens is 1. The van der Waals surface area contributed by atoms with Crippen molar-refractivity contribution in [3.63, 3.8) is 0 Å². The Morgan fingerprint density at radius 2 is 1.85 bits per heavy atom. The van der Waals surface area contributed by atoms with Gasteiger partial charge in [-0.2, -0.15) is 0 Å². The van der Waals surface area contributed by atoms with Crippen molar-refractivity contribution < 1.29 is 21.6 Å². The third kappa shape index (κ3) is 4.62. The fraction of sp³-hybridized carbons (Fsp3) is 0.455. The van der Waals surface area contributed by atoms with Crippen molar-refractivity contribution in [1.29, 1.82) is 0 Å². The van der Waals surface area contributed by atoms with Gasteiger partial charge >= 0.3 is 0 Å². The zero-order valence-corrected chi connectivity index (χ0v) is 13.4. The molecule has 9 heteroatoms. The second-order valence-corrected chi connectivity index (χ2v) is 9.05. The molecule has 20 heavy (non-hydrogen) atoms. The van der Waals surface area contributed by atoms with Gasteiger partial charge in [0, 0.05) is 0 Å². The Balaban J connectivity index is 2.76. The summed E-state index contributed by atoms with van der Waals surface area (Å²) >= 11 is 5.85. The van der Waals surface area contributed by atoms with Gasteiger partial charge in [-0.3, -0.25) is 0 Å². The van der Waals surface area contributed by atoms with E-state index in [1.807, 2.05) is 0 Å².